The van der Waals surface area contributed by atoms with Gasteiger partial charge in [0.05, 0.1) is 13.2 Å². The van der Waals surface area contributed by atoms with E-state index in [0.29, 0.717) is 5.69 Å². The molecular weight excluding hydrogens is 500 g/mol. The second kappa shape index (κ2) is 14.5. The summed E-state index contributed by atoms with van der Waals surface area (Å²) in [5.74, 6) is -2.81. The van der Waals surface area contributed by atoms with Gasteiger partial charge >= 0.3 is 12.1 Å². The first-order valence-corrected chi connectivity index (χ1v) is 11.5. The fraction of sp³-hybridized carbons (Fsp3) is 0.333. The molecule has 0 fully saturated rings. The Morgan fingerprint density at radius 2 is 1.82 bits per heavy atom. The first-order chi connectivity index (χ1) is 17.8. The highest BCUT2D eigenvalue weighted by Crippen LogP contribution is 2.21. The van der Waals surface area contributed by atoms with Gasteiger partial charge in [0.25, 0.3) is 0 Å². The molecular formula is C27H31F2N3O6. The number of amides is 2. The fourth-order valence-corrected chi connectivity index (χ4v) is 3.53. The maximum atomic E-state index is 13.9. The van der Waals surface area contributed by atoms with Gasteiger partial charge in [0.2, 0.25) is 11.8 Å². The number of halogens is 2. The third-order valence-corrected chi connectivity index (χ3v) is 5.70. The van der Waals surface area contributed by atoms with Crippen LogP contribution < -0.4 is 5.32 Å². The van der Waals surface area contributed by atoms with Crippen molar-refractivity contribution in [2.75, 3.05) is 26.1 Å². The molecule has 1 aromatic heterocycles. The maximum Gasteiger partial charge on any atom is 0.414 e. The summed E-state index contributed by atoms with van der Waals surface area (Å²) in [5.41, 5.74) is 1.39. The quantitative estimate of drug-likeness (QED) is 0.338. The SMILES string of the molecule is C.COC(=O)CC[C@@H](COC(=O)Nc1cc(-c2ccccc2)no1)N(C)C(=O)CCc1cccc(F)c1F. The number of benzene rings is 2. The molecule has 1 N–H and O–H groups in total. The van der Waals surface area contributed by atoms with E-state index in [1.54, 1.807) is 0 Å². The minimum absolute atomic E-state index is 0. The molecule has 0 aliphatic carbocycles. The fourth-order valence-electron chi connectivity index (χ4n) is 3.53. The zero-order chi connectivity index (χ0) is 26.8. The molecule has 3 aromatic rings. The lowest BCUT2D eigenvalue weighted by Crippen LogP contribution is -2.41. The Morgan fingerprint density at radius 1 is 1.08 bits per heavy atom. The van der Waals surface area contributed by atoms with Crippen LogP contribution in [0.3, 0.4) is 0 Å². The number of hydrogen-bond donors (Lipinski definition) is 1. The Kier molecular flexibility index (Phi) is 11.4. The zero-order valence-corrected chi connectivity index (χ0v) is 20.4. The number of anilines is 1. The summed E-state index contributed by atoms with van der Waals surface area (Å²) in [4.78, 5) is 38.1. The van der Waals surface area contributed by atoms with Crippen LogP contribution in [0.4, 0.5) is 19.5 Å². The van der Waals surface area contributed by atoms with Crippen molar-refractivity contribution in [3.05, 3.63) is 71.8 Å². The van der Waals surface area contributed by atoms with Gasteiger partial charge in [-0.05, 0) is 24.5 Å². The number of methoxy groups -OCH3 is 1. The number of ether oxygens (including phenoxy) is 2. The number of hydrogen-bond acceptors (Lipinski definition) is 7. The predicted molar refractivity (Wildman–Crippen MR) is 136 cm³/mol. The summed E-state index contributed by atoms with van der Waals surface area (Å²) < 4.78 is 42.4. The number of aromatic nitrogens is 1. The number of carbonyl (C=O) groups is 3. The Bertz CT molecular complexity index is 1220. The van der Waals surface area contributed by atoms with Crippen LogP contribution >= 0.6 is 0 Å². The molecule has 38 heavy (non-hydrogen) atoms. The standard InChI is InChI=1S/C26H27F2N3O6.CH4/c1-31(23(32)13-11-18-9-6-10-20(27)25(18)28)19(12-14-24(33)35-2)16-36-26(34)29-22-15-21(30-37-22)17-7-4-3-5-8-17;/h3-10,15,19H,11-14,16H2,1-2H3,(H,29,34);1H4/t19-;/m0./s1. The topological polar surface area (TPSA) is 111 Å². The lowest BCUT2D eigenvalue weighted by molar-refractivity contribution is -0.142. The van der Waals surface area contributed by atoms with Gasteiger partial charge in [0.15, 0.2) is 11.6 Å². The third kappa shape index (κ3) is 8.39. The first-order valence-electron chi connectivity index (χ1n) is 11.5. The van der Waals surface area contributed by atoms with Crippen molar-refractivity contribution in [3.8, 4) is 11.3 Å². The Hall–Kier alpha value is -4.28. The van der Waals surface area contributed by atoms with Crippen LogP contribution in [-0.2, 0) is 25.5 Å². The van der Waals surface area contributed by atoms with Crippen molar-refractivity contribution >= 4 is 23.9 Å². The average Bonchev–Trinajstić information content (AvgIpc) is 3.37. The van der Waals surface area contributed by atoms with Crippen LogP contribution in [0.2, 0.25) is 0 Å². The van der Waals surface area contributed by atoms with Gasteiger partial charge in [0, 0.05) is 31.5 Å². The molecule has 11 heteroatoms. The van der Waals surface area contributed by atoms with Crippen LogP contribution in [0.5, 0.6) is 0 Å². The largest absolute Gasteiger partial charge is 0.469 e. The van der Waals surface area contributed by atoms with Gasteiger partial charge in [-0.1, -0.05) is 55.0 Å². The summed E-state index contributed by atoms with van der Waals surface area (Å²) in [6, 6.07) is 13.8. The van der Waals surface area contributed by atoms with Crippen molar-refractivity contribution in [2.45, 2.75) is 39.2 Å². The van der Waals surface area contributed by atoms with Gasteiger partial charge in [-0.15, -0.1) is 0 Å². The molecule has 0 saturated heterocycles. The lowest BCUT2D eigenvalue weighted by atomic mass is 10.1. The summed E-state index contributed by atoms with van der Waals surface area (Å²) in [5, 5.41) is 6.33. The molecule has 0 aliphatic rings. The van der Waals surface area contributed by atoms with Gasteiger partial charge in [-0.2, -0.15) is 0 Å². The number of carbonyl (C=O) groups excluding carboxylic acids is 3. The smallest absolute Gasteiger partial charge is 0.414 e. The monoisotopic (exact) mass is 531 g/mol. The molecule has 0 bridgehead atoms. The molecule has 204 valence electrons. The molecule has 3 rings (SSSR count). The van der Waals surface area contributed by atoms with Crippen molar-refractivity contribution in [1.82, 2.24) is 10.1 Å². The van der Waals surface area contributed by atoms with E-state index in [1.807, 2.05) is 30.3 Å². The molecule has 0 radical (unpaired) electrons. The Balaban J connectivity index is 0.00000507. The molecule has 1 heterocycles. The number of esters is 1. The van der Waals surface area contributed by atoms with Gasteiger partial charge in [0.1, 0.15) is 12.3 Å². The minimum Gasteiger partial charge on any atom is -0.469 e. The lowest BCUT2D eigenvalue weighted by Gasteiger charge is -2.28. The first kappa shape index (κ1) is 29.9. The highest BCUT2D eigenvalue weighted by molar-refractivity contribution is 5.83. The predicted octanol–water partition coefficient (Wildman–Crippen LogP) is 5.22. The summed E-state index contributed by atoms with van der Waals surface area (Å²) in [7, 11) is 2.72. The van der Waals surface area contributed by atoms with E-state index in [2.05, 4.69) is 15.2 Å². The van der Waals surface area contributed by atoms with Gasteiger partial charge < -0.3 is 18.9 Å². The van der Waals surface area contributed by atoms with E-state index in [-0.39, 0.29) is 51.2 Å². The summed E-state index contributed by atoms with van der Waals surface area (Å²) >= 11 is 0. The molecule has 0 aliphatic heterocycles. The van der Waals surface area contributed by atoms with Crippen molar-refractivity contribution < 1.29 is 37.2 Å². The van der Waals surface area contributed by atoms with Crippen molar-refractivity contribution in [2.24, 2.45) is 0 Å². The van der Waals surface area contributed by atoms with E-state index in [9.17, 15) is 23.2 Å². The Labute approximate surface area is 219 Å². The molecule has 2 amide bonds. The maximum absolute atomic E-state index is 13.9. The number of rotatable bonds is 11. The molecule has 0 unspecified atom stereocenters. The highest BCUT2D eigenvalue weighted by Gasteiger charge is 2.24. The van der Waals surface area contributed by atoms with E-state index in [0.717, 1.165) is 11.6 Å². The van der Waals surface area contributed by atoms with Crippen LogP contribution in [0.1, 0.15) is 32.3 Å². The van der Waals surface area contributed by atoms with E-state index >= 15 is 0 Å². The third-order valence-electron chi connectivity index (χ3n) is 5.70. The second-order valence-electron chi connectivity index (χ2n) is 8.15. The van der Waals surface area contributed by atoms with Crippen molar-refractivity contribution in [1.29, 1.82) is 0 Å². The second-order valence-corrected chi connectivity index (χ2v) is 8.15. The normalized spacial score (nSPS) is 11.2. The van der Waals surface area contributed by atoms with E-state index in [1.165, 1.54) is 37.3 Å². The Morgan fingerprint density at radius 3 is 2.53 bits per heavy atom. The van der Waals surface area contributed by atoms with E-state index in [4.69, 9.17) is 9.26 Å². The van der Waals surface area contributed by atoms with Crippen LogP contribution in [-0.4, -0.2) is 54.8 Å². The molecule has 0 spiro atoms. The minimum atomic E-state index is -0.997. The number of nitrogens with one attached hydrogen (secondary N) is 1. The van der Waals surface area contributed by atoms with E-state index < -0.39 is 35.6 Å². The molecule has 1 atom stereocenters. The number of likely N-dealkylation sites (N-methyl/N-ethyl adjacent to an activating group) is 1. The average molecular weight is 532 g/mol. The number of aryl methyl sites for hydroxylation is 1. The summed E-state index contributed by atoms with van der Waals surface area (Å²) in [6.45, 7) is -0.237. The van der Waals surface area contributed by atoms with Crippen LogP contribution in [0.25, 0.3) is 11.3 Å². The van der Waals surface area contributed by atoms with Crippen molar-refractivity contribution in [3.63, 3.8) is 0 Å². The van der Waals surface area contributed by atoms with Gasteiger partial charge in [-0.3, -0.25) is 14.9 Å². The molecule has 2 aromatic carbocycles. The van der Waals surface area contributed by atoms with Gasteiger partial charge in [-0.25, -0.2) is 13.6 Å². The molecule has 9 nitrogen and oxygen atoms in total. The van der Waals surface area contributed by atoms with Crippen LogP contribution in [0, 0.1) is 11.6 Å². The van der Waals surface area contributed by atoms with Crippen LogP contribution in [0.15, 0.2) is 59.1 Å². The molecule has 0 saturated carbocycles. The zero-order valence-electron chi connectivity index (χ0n) is 20.4. The summed E-state index contributed by atoms with van der Waals surface area (Å²) in [6.07, 6.45) is -0.853. The highest BCUT2D eigenvalue weighted by atomic mass is 19.2. The number of nitrogens with zero attached hydrogens (tertiary/aromatic N) is 2.